The Morgan fingerprint density at radius 3 is 2.68 bits per heavy atom. The van der Waals surface area contributed by atoms with Crippen molar-refractivity contribution in [2.45, 2.75) is 39.0 Å². The van der Waals surface area contributed by atoms with Gasteiger partial charge in [-0.15, -0.1) is 0 Å². The summed E-state index contributed by atoms with van der Waals surface area (Å²) in [5.74, 6) is -0.899. The van der Waals surface area contributed by atoms with E-state index in [4.69, 9.17) is 0 Å². The number of hydrogen-bond acceptors (Lipinski definition) is 2. The maximum Gasteiger partial charge on any atom is 0.338 e. The normalized spacial score (nSPS) is 18.0. The lowest BCUT2D eigenvalue weighted by Gasteiger charge is -2.34. The average Bonchev–Trinajstić information content (AvgIpc) is 2.37. The summed E-state index contributed by atoms with van der Waals surface area (Å²) >= 11 is 3.31. The van der Waals surface area contributed by atoms with Crippen molar-refractivity contribution in [3.05, 3.63) is 28.2 Å². The Morgan fingerprint density at radius 1 is 1.37 bits per heavy atom. The van der Waals surface area contributed by atoms with Crippen LogP contribution >= 0.6 is 15.9 Å². The fraction of sp³-hybridized carbons (Fsp3) is 0.533. The van der Waals surface area contributed by atoms with Gasteiger partial charge in [0.15, 0.2) is 0 Å². The Hall–Kier alpha value is -1.03. The van der Waals surface area contributed by atoms with Crippen molar-refractivity contribution in [1.29, 1.82) is 0 Å². The van der Waals surface area contributed by atoms with Crippen molar-refractivity contribution in [2.24, 2.45) is 5.41 Å². The molecule has 0 atom stereocenters. The first-order chi connectivity index (χ1) is 9.02. The second kappa shape index (κ2) is 5.95. The fourth-order valence-corrected chi connectivity index (χ4v) is 3.32. The predicted octanol–water partition coefficient (Wildman–Crippen LogP) is 4.53. The van der Waals surface area contributed by atoms with E-state index in [1.54, 1.807) is 6.07 Å². The molecule has 0 heterocycles. The van der Waals surface area contributed by atoms with E-state index in [1.807, 2.05) is 12.1 Å². The van der Waals surface area contributed by atoms with E-state index in [1.165, 1.54) is 32.1 Å². The van der Waals surface area contributed by atoms with E-state index >= 15 is 0 Å². The monoisotopic (exact) mass is 325 g/mol. The summed E-state index contributed by atoms with van der Waals surface area (Å²) in [5.41, 5.74) is 1.31. The van der Waals surface area contributed by atoms with Crippen LogP contribution < -0.4 is 5.32 Å². The van der Waals surface area contributed by atoms with E-state index in [0.717, 1.165) is 6.54 Å². The van der Waals surface area contributed by atoms with Gasteiger partial charge >= 0.3 is 5.97 Å². The summed E-state index contributed by atoms with van der Waals surface area (Å²) in [6, 6.07) is 5.46. The maximum absolute atomic E-state index is 11.3. The van der Waals surface area contributed by atoms with Crippen LogP contribution in [0, 0.1) is 5.41 Å². The molecule has 0 unspecified atom stereocenters. The third-order valence-corrected chi connectivity index (χ3v) is 4.65. The fourth-order valence-electron chi connectivity index (χ4n) is 2.78. The van der Waals surface area contributed by atoms with Crippen molar-refractivity contribution >= 4 is 27.6 Å². The van der Waals surface area contributed by atoms with Gasteiger partial charge in [0.2, 0.25) is 0 Å². The highest BCUT2D eigenvalue weighted by molar-refractivity contribution is 9.10. The minimum atomic E-state index is -0.899. The Morgan fingerprint density at radius 2 is 2.05 bits per heavy atom. The molecule has 0 saturated heterocycles. The van der Waals surface area contributed by atoms with Crippen LogP contribution in [0.2, 0.25) is 0 Å². The Bertz CT molecular complexity index is 467. The molecule has 2 rings (SSSR count). The number of benzene rings is 1. The van der Waals surface area contributed by atoms with Crippen molar-refractivity contribution < 1.29 is 9.90 Å². The van der Waals surface area contributed by atoms with Crippen LogP contribution in [0.25, 0.3) is 0 Å². The zero-order valence-electron chi connectivity index (χ0n) is 11.2. The standard InChI is InChI=1S/C15H20BrNO2/c1-15(8-3-2-4-9-15)10-17-12-7-5-6-11(16)13(12)14(18)19/h5-7,17H,2-4,8-10H2,1H3,(H,18,19). The molecule has 1 aliphatic rings. The zero-order chi connectivity index (χ0) is 13.9. The number of carboxylic acids is 1. The first kappa shape index (κ1) is 14.4. The highest BCUT2D eigenvalue weighted by Crippen LogP contribution is 2.36. The molecule has 0 aromatic heterocycles. The molecule has 1 saturated carbocycles. The first-order valence-electron chi connectivity index (χ1n) is 6.77. The minimum Gasteiger partial charge on any atom is -0.478 e. The van der Waals surface area contributed by atoms with Crippen molar-refractivity contribution in [1.82, 2.24) is 0 Å². The number of anilines is 1. The molecule has 0 aliphatic heterocycles. The lowest BCUT2D eigenvalue weighted by atomic mass is 9.75. The number of carbonyl (C=O) groups is 1. The van der Waals surface area contributed by atoms with Crippen LogP contribution in [0.5, 0.6) is 0 Å². The Kier molecular flexibility index (Phi) is 4.50. The smallest absolute Gasteiger partial charge is 0.338 e. The third kappa shape index (κ3) is 3.50. The van der Waals surface area contributed by atoms with Gasteiger partial charge in [0.05, 0.1) is 5.56 Å². The molecule has 104 valence electrons. The van der Waals surface area contributed by atoms with Crippen LogP contribution in [0.4, 0.5) is 5.69 Å². The van der Waals surface area contributed by atoms with Gasteiger partial charge in [-0.1, -0.05) is 32.3 Å². The summed E-state index contributed by atoms with van der Waals surface area (Å²) in [7, 11) is 0. The van der Waals surface area contributed by atoms with Crippen LogP contribution in [0.1, 0.15) is 49.4 Å². The number of aromatic carboxylic acids is 1. The summed E-state index contributed by atoms with van der Waals surface area (Å²) < 4.78 is 0.624. The molecule has 0 radical (unpaired) electrons. The minimum absolute atomic E-state index is 0.288. The molecule has 1 fully saturated rings. The van der Waals surface area contributed by atoms with Gasteiger partial charge in [0.25, 0.3) is 0 Å². The summed E-state index contributed by atoms with van der Waals surface area (Å²) in [6.07, 6.45) is 6.32. The molecule has 0 spiro atoms. The van der Waals surface area contributed by atoms with E-state index < -0.39 is 5.97 Å². The van der Waals surface area contributed by atoms with E-state index in [9.17, 15) is 9.90 Å². The van der Waals surface area contributed by atoms with E-state index in [0.29, 0.717) is 15.7 Å². The Labute approximate surface area is 122 Å². The molecule has 1 aromatic rings. The molecule has 1 aromatic carbocycles. The number of hydrogen-bond donors (Lipinski definition) is 2. The zero-order valence-corrected chi connectivity index (χ0v) is 12.8. The van der Waals surface area contributed by atoms with Crippen LogP contribution in [-0.2, 0) is 0 Å². The van der Waals surface area contributed by atoms with Crippen LogP contribution in [0.15, 0.2) is 22.7 Å². The number of rotatable bonds is 4. The number of carboxylic acid groups (broad SMARTS) is 1. The summed E-state index contributed by atoms with van der Waals surface area (Å²) in [5, 5.41) is 12.6. The molecular weight excluding hydrogens is 306 g/mol. The average molecular weight is 326 g/mol. The van der Waals surface area contributed by atoms with Gasteiger partial charge in [-0.2, -0.15) is 0 Å². The molecule has 19 heavy (non-hydrogen) atoms. The topological polar surface area (TPSA) is 49.3 Å². The highest BCUT2D eigenvalue weighted by atomic mass is 79.9. The molecular formula is C15H20BrNO2. The molecule has 0 amide bonds. The molecule has 3 nitrogen and oxygen atoms in total. The molecule has 0 bridgehead atoms. The Balaban J connectivity index is 2.11. The SMILES string of the molecule is CC1(CNc2cccc(Br)c2C(=O)O)CCCCC1. The molecule has 2 N–H and O–H groups in total. The third-order valence-electron chi connectivity index (χ3n) is 3.99. The van der Waals surface area contributed by atoms with Crippen LogP contribution in [0.3, 0.4) is 0 Å². The van der Waals surface area contributed by atoms with Gasteiger partial charge < -0.3 is 10.4 Å². The lowest BCUT2D eigenvalue weighted by molar-refractivity contribution is 0.0697. The largest absolute Gasteiger partial charge is 0.478 e. The van der Waals surface area contributed by atoms with Gasteiger partial charge in [0.1, 0.15) is 0 Å². The first-order valence-corrected chi connectivity index (χ1v) is 7.57. The summed E-state index contributed by atoms with van der Waals surface area (Å²) in [6.45, 7) is 3.13. The second-order valence-corrected chi connectivity index (χ2v) is 6.55. The van der Waals surface area contributed by atoms with E-state index in [-0.39, 0.29) is 5.41 Å². The van der Waals surface area contributed by atoms with Gasteiger partial charge in [0, 0.05) is 16.7 Å². The molecule has 1 aliphatic carbocycles. The maximum atomic E-state index is 11.3. The van der Waals surface area contributed by atoms with Gasteiger partial charge in [-0.05, 0) is 46.3 Å². The molecule has 4 heteroatoms. The van der Waals surface area contributed by atoms with Gasteiger partial charge in [-0.25, -0.2) is 4.79 Å². The van der Waals surface area contributed by atoms with Crippen molar-refractivity contribution in [2.75, 3.05) is 11.9 Å². The number of halogens is 1. The van der Waals surface area contributed by atoms with Crippen molar-refractivity contribution in [3.63, 3.8) is 0 Å². The second-order valence-electron chi connectivity index (χ2n) is 5.69. The number of nitrogens with one attached hydrogen (secondary N) is 1. The lowest BCUT2D eigenvalue weighted by Crippen LogP contribution is -2.29. The van der Waals surface area contributed by atoms with Crippen molar-refractivity contribution in [3.8, 4) is 0 Å². The quantitative estimate of drug-likeness (QED) is 0.855. The van der Waals surface area contributed by atoms with Gasteiger partial charge in [-0.3, -0.25) is 0 Å². The summed E-state index contributed by atoms with van der Waals surface area (Å²) in [4.78, 5) is 11.3. The van der Waals surface area contributed by atoms with Crippen LogP contribution in [-0.4, -0.2) is 17.6 Å². The van der Waals surface area contributed by atoms with E-state index in [2.05, 4.69) is 28.2 Å². The predicted molar refractivity (Wildman–Crippen MR) is 80.8 cm³/mol. The highest BCUT2D eigenvalue weighted by Gasteiger charge is 2.27.